The van der Waals surface area contributed by atoms with Crippen molar-refractivity contribution in [1.82, 2.24) is 23.9 Å². The van der Waals surface area contributed by atoms with Gasteiger partial charge in [-0.05, 0) is 26.3 Å². The number of piperazine rings is 1. The van der Waals surface area contributed by atoms with Gasteiger partial charge in [0.2, 0.25) is 10.0 Å². The van der Waals surface area contributed by atoms with E-state index in [4.69, 9.17) is 4.52 Å². The van der Waals surface area contributed by atoms with Crippen molar-refractivity contribution < 1.29 is 12.9 Å². The number of aromatic nitrogens is 3. The first-order valence-corrected chi connectivity index (χ1v) is 11.7. The lowest BCUT2D eigenvalue weighted by Gasteiger charge is -2.33. The summed E-state index contributed by atoms with van der Waals surface area (Å²) < 4.78 is 33.9. The Morgan fingerprint density at radius 3 is 2.55 bits per heavy atom. The Labute approximate surface area is 172 Å². The van der Waals surface area contributed by atoms with Crippen LogP contribution in [0.25, 0.3) is 10.2 Å². The molecular weight excluding hydrogens is 414 g/mol. The molecule has 1 aliphatic rings. The smallest absolute Gasteiger partial charge is 0.263 e. The number of rotatable bonds is 5. The molecule has 156 valence electrons. The number of hydrogen-bond donors (Lipinski definition) is 0. The minimum Gasteiger partial charge on any atom is -0.360 e. The highest BCUT2D eigenvalue weighted by molar-refractivity contribution is 7.89. The predicted octanol–water partition coefficient (Wildman–Crippen LogP) is 1.59. The summed E-state index contributed by atoms with van der Waals surface area (Å²) in [6.45, 7) is 7.41. The van der Waals surface area contributed by atoms with Crippen LogP contribution in [0.3, 0.4) is 0 Å². The zero-order chi connectivity index (χ0) is 20.8. The molecule has 0 aromatic carbocycles. The van der Waals surface area contributed by atoms with Gasteiger partial charge in [0.05, 0.1) is 12.1 Å². The molecule has 0 N–H and O–H groups in total. The van der Waals surface area contributed by atoms with Crippen LogP contribution in [0.15, 0.2) is 26.6 Å². The quantitative estimate of drug-likeness (QED) is 0.597. The van der Waals surface area contributed by atoms with Crippen molar-refractivity contribution in [2.75, 3.05) is 26.2 Å². The van der Waals surface area contributed by atoms with Crippen molar-refractivity contribution in [2.24, 2.45) is 0 Å². The predicted molar refractivity (Wildman–Crippen MR) is 110 cm³/mol. The second kappa shape index (κ2) is 7.63. The van der Waals surface area contributed by atoms with Gasteiger partial charge in [-0.1, -0.05) is 12.1 Å². The molecule has 0 atom stereocenters. The molecule has 3 aromatic rings. The number of nitrogens with zero attached hydrogens (tertiary/aromatic N) is 5. The van der Waals surface area contributed by atoms with Crippen LogP contribution in [-0.2, 0) is 23.1 Å². The molecule has 1 aliphatic heterocycles. The van der Waals surface area contributed by atoms with E-state index in [1.54, 1.807) is 36.1 Å². The van der Waals surface area contributed by atoms with Gasteiger partial charge in [-0.2, -0.15) is 4.31 Å². The van der Waals surface area contributed by atoms with E-state index in [1.165, 1.54) is 4.31 Å². The average Bonchev–Trinajstić information content (AvgIpc) is 3.28. The van der Waals surface area contributed by atoms with E-state index in [9.17, 15) is 13.2 Å². The monoisotopic (exact) mass is 437 g/mol. The summed E-state index contributed by atoms with van der Waals surface area (Å²) in [5, 5.41) is 4.40. The van der Waals surface area contributed by atoms with Crippen LogP contribution >= 0.6 is 11.3 Å². The molecule has 0 amide bonds. The van der Waals surface area contributed by atoms with Crippen LogP contribution in [0.4, 0.5) is 0 Å². The highest BCUT2D eigenvalue weighted by Gasteiger charge is 2.33. The summed E-state index contributed by atoms with van der Waals surface area (Å²) in [5.74, 6) is 0.304. The summed E-state index contributed by atoms with van der Waals surface area (Å²) in [6, 6.07) is 1.92. The molecule has 0 spiro atoms. The summed E-state index contributed by atoms with van der Waals surface area (Å²) >= 11 is 1.55. The third-order valence-electron chi connectivity index (χ3n) is 5.17. The van der Waals surface area contributed by atoms with Gasteiger partial charge >= 0.3 is 0 Å². The van der Waals surface area contributed by atoms with E-state index in [-0.39, 0.29) is 10.5 Å². The Bertz CT molecular complexity index is 1180. The van der Waals surface area contributed by atoms with Gasteiger partial charge < -0.3 is 4.52 Å². The maximum absolute atomic E-state index is 12.9. The SMILES string of the molecule is CCc1cc2c(=O)n(CN3CCN(S(=O)(=O)c4c(C)noc4C)CC3)cnc2s1. The van der Waals surface area contributed by atoms with E-state index in [1.807, 2.05) is 6.07 Å². The minimum absolute atomic E-state index is 0.0586. The lowest BCUT2D eigenvalue weighted by atomic mass is 10.3. The summed E-state index contributed by atoms with van der Waals surface area (Å²) in [7, 11) is -3.64. The molecule has 4 heterocycles. The normalized spacial score (nSPS) is 16.7. The van der Waals surface area contributed by atoms with Crippen molar-refractivity contribution in [1.29, 1.82) is 0 Å². The molecule has 4 rings (SSSR count). The topological polar surface area (TPSA) is 102 Å². The zero-order valence-electron chi connectivity index (χ0n) is 16.6. The van der Waals surface area contributed by atoms with Crippen LogP contribution in [0.5, 0.6) is 0 Å². The second-order valence-electron chi connectivity index (χ2n) is 7.12. The Kier molecular flexibility index (Phi) is 5.32. The summed E-state index contributed by atoms with van der Waals surface area (Å²) in [6.07, 6.45) is 2.45. The van der Waals surface area contributed by atoms with E-state index in [2.05, 4.69) is 22.0 Å². The van der Waals surface area contributed by atoms with Crippen LogP contribution in [0, 0.1) is 13.8 Å². The van der Waals surface area contributed by atoms with E-state index in [0.717, 1.165) is 16.1 Å². The maximum Gasteiger partial charge on any atom is 0.263 e. The Morgan fingerprint density at radius 2 is 1.93 bits per heavy atom. The van der Waals surface area contributed by atoms with E-state index >= 15 is 0 Å². The van der Waals surface area contributed by atoms with Crippen molar-refractivity contribution in [2.45, 2.75) is 38.8 Å². The van der Waals surface area contributed by atoms with Gasteiger partial charge in [-0.25, -0.2) is 13.4 Å². The van der Waals surface area contributed by atoms with Crippen LogP contribution in [0.1, 0.15) is 23.3 Å². The third kappa shape index (κ3) is 3.63. The molecule has 1 fully saturated rings. The maximum atomic E-state index is 12.9. The number of thiophene rings is 1. The van der Waals surface area contributed by atoms with Crippen molar-refractivity contribution in [3.63, 3.8) is 0 Å². The summed E-state index contributed by atoms with van der Waals surface area (Å²) in [4.78, 5) is 21.3. The highest BCUT2D eigenvalue weighted by atomic mass is 32.2. The molecular formula is C18H23N5O4S2. The molecule has 0 saturated carbocycles. The molecule has 0 bridgehead atoms. The standard InChI is InChI=1S/C18H23N5O4S2/c1-4-14-9-15-17(28-14)19-10-22(18(15)24)11-21-5-7-23(8-6-21)29(25,26)16-12(2)20-27-13(16)3/h9-10H,4-8,11H2,1-3H3. The highest BCUT2D eigenvalue weighted by Crippen LogP contribution is 2.24. The van der Waals surface area contributed by atoms with Gasteiger partial charge in [0, 0.05) is 31.1 Å². The average molecular weight is 438 g/mol. The lowest BCUT2D eigenvalue weighted by Crippen LogP contribution is -2.49. The Balaban J connectivity index is 1.47. The van der Waals surface area contributed by atoms with Crippen LogP contribution in [-0.4, -0.2) is 58.5 Å². The molecule has 0 radical (unpaired) electrons. The van der Waals surface area contributed by atoms with Crippen LogP contribution in [0.2, 0.25) is 0 Å². The largest absolute Gasteiger partial charge is 0.360 e. The van der Waals surface area contributed by atoms with Gasteiger partial charge in [0.1, 0.15) is 21.7 Å². The van der Waals surface area contributed by atoms with Crippen LogP contribution < -0.4 is 5.56 Å². The molecule has 0 unspecified atom stereocenters. The first kappa shape index (κ1) is 20.2. The number of sulfonamides is 1. The molecule has 1 saturated heterocycles. The third-order valence-corrected chi connectivity index (χ3v) is 8.50. The van der Waals surface area contributed by atoms with E-state index in [0.29, 0.717) is 49.7 Å². The molecule has 11 heteroatoms. The Hall–Kier alpha value is -2.08. The fourth-order valence-corrected chi connectivity index (χ4v) is 6.22. The summed E-state index contributed by atoms with van der Waals surface area (Å²) in [5.41, 5.74) is 0.315. The zero-order valence-corrected chi connectivity index (χ0v) is 18.2. The molecule has 9 nitrogen and oxygen atoms in total. The first-order valence-electron chi connectivity index (χ1n) is 9.44. The van der Waals surface area contributed by atoms with Gasteiger partial charge in [-0.15, -0.1) is 11.3 Å². The second-order valence-corrected chi connectivity index (χ2v) is 10.1. The first-order chi connectivity index (χ1) is 13.8. The van der Waals surface area contributed by atoms with Crippen molar-refractivity contribution >= 4 is 31.6 Å². The van der Waals surface area contributed by atoms with Crippen molar-refractivity contribution in [3.8, 4) is 0 Å². The lowest BCUT2D eigenvalue weighted by molar-refractivity contribution is 0.150. The fraction of sp³-hybridized carbons (Fsp3) is 0.500. The minimum atomic E-state index is -3.64. The van der Waals surface area contributed by atoms with E-state index < -0.39 is 10.0 Å². The molecule has 0 aliphatic carbocycles. The van der Waals surface area contributed by atoms with Gasteiger partial charge in [0.15, 0.2) is 5.76 Å². The van der Waals surface area contributed by atoms with Gasteiger partial charge in [0.25, 0.3) is 5.56 Å². The number of aryl methyl sites for hydroxylation is 3. The Morgan fingerprint density at radius 1 is 1.21 bits per heavy atom. The molecule has 3 aromatic heterocycles. The number of fused-ring (bicyclic) bond motifs is 1. The number of hydrogen-bond acceptors (Lipinski definition) is 8. The van der Waals surface area contributed by atoms with Crippen molar-refractivity contribution in [3.05, 3.63) is 39.1 Å². The molecule has 29 heavy (non-hydrogen) atoms. The fourth-order valence-electron chi connectivity index (χ4n) is 3.58. The van der Waals surface area contributed by atoms with Gasteiger partial charge in [-0.3, -0.25) is 14.3 Å².